The second-order valence-electron chi connectivity index (χ2n) is 7.15. The summed E-state index contributed by atoms with van der Waals surface area (Å²) >= 11 is 0. The van der Waals surface area contributed by atoms with Crippen LogP contribution in [0.1, 0.15) is 35.7 Å². The molecule has 3 aromatic rings. The van der Waals surface area contributed by atoms with E-state index in [0.717, 1.165) is 47.6 Å². The Kier molecular flexibility index (Phi) is 8.04. The van der Waals surface area contributed by atoms with Crippen molar-refractivity contribution >= 4 is 5.78 Å². The summed E-state index contributed by atoms with van der Waals surface area (Å²) < 4.78 is 11.1. The van der Waals surface area contributed by atoms with Gasteiger partial charge in [-0.1, -0.05) is 49.7 Å². The molecule has 3 rings (SSSR count). The third-order valence-electron chi connectivity index (χ3n) is 4.91. The number of para-hydroxylation sites is 1. The van der Waals surface area contributed by atoms with Gasteiger partial charge in [0.15, 0.2) is 5.78 Å². The van der Waals surface area contributed by atoms with E-state index in [-0.39, 0.29) is 12.3 Å². The zero-order valence-electron chi connectivity index (χ0n) is 17.7. The van der Waals surface area contributed by atoms with Crippen LogP contribution >= 0.6 is 0 Å². The number of methoxy groups -OCH3 is 1. The van der Waals surface area contributed by atoms with E-state index in [0.29, 0.717) is 12.1 Å². The molecular formula is C26H29NO3. The lowest BCUT2D eigenvalue weighted by atomic mass is 10.0. The summed E-state index contributed by atoms with van der Waals surface area (Å²) in [5.74, 6) is 1.71. The molecule has 0 aliphatic carbocycles. The molecule has 0 aromatic heterocycles. The number of ketones is 1. The molecule has 4 nitrogen and oxygen atoms in total. The van der Waals surface area contributed by atoms with Crippen molar-refractivity contribution in [1.29, 1.82) is 0 Å². The molecule has 0 amide bonds. The molecule has 0 radical (unpaired) electrons. The molecule has 0 saturated heterocycles. The Morgan fingerprint density at radius 1 is 0.967 bits per heavy atom. The number of hydrogen-bond donors (Lipinski definition) is 1. The van der Waals surface area contributed by atoms with Gasteiger partial charge in [-0.15, -0.1) is 0 Å². The van der Waals surface area contributed by atoms with Gasteiger partial charge in [0.05, 0.1) is 20.3 Å². The molecule has 1 N–H and O–H groups in total. The molecule has 30 heavy (non-hydrogen) atoms. The molecule has 0 atom stereocenters. The highest BCUT2D eigenvalue weighted by Gasteiger charge is 2.08. The van der Waals surface area contributed by atoms with Gasteiger partial charge < -0.3 is 14.8 Å². The van der Waals surface area contributed by atoms with Gasteiger partial charge in [-0.25, -0.2) is 0 Å². The zero-order chi connectivity index (χ0) is 21.2. The van der Waals surface area contributed by atoms with Crippen molar-refractivity contribution in [2.75, 3.05) is 20.3 Å². The van der Waals surface area contributed by atoms with Gasteiger partial charge in [0.25, 0.3) is 0 Å². The Bertz CT molecular complexity index is 951. The number of ether oxygens (including phenoxy) is 2. The van der Waals surface area contributed by atoms with Crippen molar-refractivity contribution in [3.8, 4) is 22.6 Å². The first-order valence-electron chi connectivity index (χ1n) is 10.4. The minimum atomic E-state index is 0.0588. The van der Waals surface area contributed by atoms with Gasteiger partial charge in [-0.3, -0.25) is 4.79 Å². The third-order valence-corrected chi connectivity index (χ3v) is 4.91. The van der Waals surface area contributed by atoms with E-state index in [2.05, 4.69) is 36.5 Å². The monoisotopic (exact) mass is 403 g/mol. The predicted molar refractivity (Wildman–Crippen MR) is 121 cm³/mol. The quantitative estimate of drug-likeness (QED) is 0.339. The lowest BCUT2D eigenvalue weighted by Gasteiger charge is -2.12. The fourth-order valence-corrected chi connectivity index (χ4v) is 3.21. The maximum Gasteiger partial charge on any atom is 0.176 e. The van der Waals surface area contributed by atoms with Crippen LogP contribution in [0.25, 0.3) is 11.1 Å². The van der Waals surface area contributed by atoms with Crippen LogP contribution in [-0.2, 0) is 6.54 Å². The van der Waals surface area contributed by atoms with E-state index in [9.17, 15) is 4.79 Å². The number of unbranched alkanes of at least 4 members (excludes halogenated alkanes) is 1. The number of carbonyl (C=O) groups is 1. The van der Waals surface area contributed by atoms with Crippen molar-refractivity contribution in [3.63, 3.8) is 0 Å². The highest BCUT2D eigenvalue weighted by molar-refractivity contribution is 5.97. The van der Waals surface area contributed by atoms with E-state index in [1.165, 1.54) is 0 Å². The molecule has 0 spiro atoms. The Balaban J connectivity index is 1.61. The Morgan fingerprint density at radius 2 is 1.77 bits per heavy atom. The molecule has 3 aromatic carbocycles. The average molecular weight is 404 g/mol. The summed E-state index contributed by atoms with van der Waals surface area (Å²) in [5, 5.41) is 3.25. The van der Waals surface area contributed by atoms with Gasteiger partial charge in [-0.2, -0.15) is 0 Å². The fraction of sp³-hybridized carbons (Fsp3) is 0.269. The van der Waals surface area contributed by atoms with Crippen molar-refractivity contribution in [3.05, 3.63) is 83.9 Å². The highest BCUT2D eigenvalue weighted by atomic mass is 16.5. The predicted octanol–water partition coefficient (Wildman–Crippen LogP) is 5.51. The second-order valence-corrected chi connectivity index (χ2v) is 7.15. The number of carbonyl (C=O) groups excluding carboxylic acids is 1. The zero-order valence-corrected chi connectivity index (χ0v) is 17.7. The smallest absolute Gasteiger partial charge is 0.176 e. The van der Waals surface area contributed by atoms with Crippen LogP contribution < -0.4 is 14.8 Å². The van der Waals surface area contributed by atoms with Crippen LogP contribution in [0.15, 0.2) is 72.8 Å². The first-order chi connectivity index (χ1) is 14.7. The number of benzene rings is 3. The van der Waals surface area contributed by atoms with E-state index >= 15 is 0 Å². The summed E-state index contributed by atoms with van der Waals surface area (Å²) in [6, 6.07) is 23.7. The first kappa shape index (κ1) is 21.6. The van der Waals surface area contributed by atoms with Crippen LogP contribution in [0.3, 0.4) is 0 Å². The SMILES string of the molecule is CCCCOc1ccccc1-c1cccc(CNCC(=O)c2ccc(OC)cc2)c1. The number of Topliss-reactive ketones (excluding diaryl/α,β-unsaturated/α-hetero) is 1. The van der Waals surface area contributed by atoms with Gasteiger partial charge in [0.1, 0.15) is 11.5 Å². The minimum Gasteiger partial charge on any atom is -0.497 e. The number of rotatable bonds is 11. The molecule has 0 bridgehead atoms. The highest BCUT2D eigenvalue weighted by Crippen LogP contribution is 2.30. The van der Waals surface area contributed by atoms with Crippen LogP contribution in [0, 0.1) is 0 Å². The largest absolute Gasteiger partial charge is 0.497 e. The van der Waals surface area contributed by atoms with E-state index in [4.69, 9.17) is 9.47 Å². The fourth-order valence-electron chi connectivity index (χ4n) is 3.21. The molecule has 0 aliphatic heterocycles. The van der Waals surface area contributed by atoms with Crippen molar-refractivity contribution in [1.82, 2.24) is 5.32 Å². The van der Waals surface area contributed by atoms with Gasteiger partial charge >= 0.3 is 0 Å². The van der Waals surface area contributed by atoms with Crippen LogP contribution in [0.4, 0.5) is 0 Å². The van der Waals surface area contributed by atoms with Gasteiger partial charge in [0.2, 0.25) is 0 Å². The number of hydrogen-bond acceptors (Lipinski definition) is 4. The molecule has 4 heteroatoms. The van der Waals surface area contributed by atoms with Crippen LogP contribution in [0.5, 0.6) is 11.5 Å². The molecule has 0 fully saturated rings. The minimum absolute atomic E-state index is 0.0588. The molecule has 0 saturated carbocycles. The summed E-state index contributed by atoms with van der Waals surface area (Å²) in [5.41, 5.74) is 4.00. The second kappa shape index (κ2) is 11.2. The summed E-state index contributed by atoms with van der Waals surface area (Å²) in [6.07, 6.45) is 2.15. The molecule has 0 unspecified atom stereocenters. The molecule has 156 valence electrons. The maximum absolute atomic E-state index is 12.4. The van der Waals surface area contributed by atoms with Crippen molar-refractivity contribution in [2.45, 2.75) is 26.3 Å². The van der Waals surface area contributed by atoms with Gasteiger partial charge in [-0.05, 0) is 53.9 Å². The Labute approximate surface area is 178 Å². The Morgan fingerprint density at radius 3 is 2.53 bits per heavy atom. The summed E-state index contributed by atoms with van der Waals surface area (Å²) in [7, 11) is 1.61. The molecule has 0 heterocycles. The van der Waals surface area contributed by atoms with E-state index < -0.39 is 0 Å². The van der Waals surface area contributed by atoms with Gasteiger partial charge in [0, 0.05) is 17.7 Å². The average Bonchev–Trinajstić information content (AvgIpc) is 2.80. The van der Waals surface area contributed by atoms with E-state index in [1.807, 2.05) is 24.3 Å². The maximum atomic E-state index is 12.4. The topological polar surface area (TPSA) is 47.6 Å². The summed E-state index contributed by atoms with van der Waals surface area (Å²) in [6.45, 7) is 3.79. The first-order valence-corrected chi connectivity index (χ1v) is 10.4. The van der Waals surface area contributed by atoms with Crippen LogP contribution in [-0.4, -0.2) is 26.0 Å². The Hall–Kier alpha value is -3.11. The lowest BCUT2D eigenvalue weighted by Crippen LogP contribution is -2.22. The standard InChI is InChI=1S/C26H29NO3/c1-3-4-16-30-26-11-6-5-10-24(26)22-9-7-8-20(17-22)18-27-19-25(28)21-12-14-23(29-2)15-13-21/h5-15,17,27H,3-4,16,18-19H2,1-2H3. The van der Waals surface area contributed by atoms with E-state index in [1.54, 1.807) is 31.4 Å². The van der Waals surface area contributed by atoms with Crippen molar-refractivity contribution in [2.24, 2.45) is 0 Å². The molecule has 0 aliphatic rings. The van der Waals surface area contributed by atoms with Crippen molar-refractivity contribution < 1.29 is 14.3 Å². The number of nitrogens with one attached hydrogen (secondary N) is 1. The third kappa shape index (κ3) is 5.94. The normalized spacial score (nSPS) is 10.6. The summed E-state index contributed by atoms with van der Waals surface area (Å²) in [4.78, 5) is 12.4. The lowest BCUT2D eigenvalue weighted by molar-refractivity contribution is 0.0991. The van der Waals surface area contributed by atoms with Crippen LogP contribution in [0.2, 0.25) is 0 Å². The molecular weight excluding hydrogens is 374 g/mol.